The van der Waals surface area contributed by atoms with Gasteiger partial charge in [-0.2, -0.15) is 0 Å². The fourth-order valence-corrected chi connectivity index (χ4v) is 2.79. The number of fused-ring (bicyclic) bond motifs is 1. The molecule has 1 aliphatic carbocycles. The molecule has 1 N–H and O–H groups in total. The van der Waals surface area contributed by atoms with Crippen molar-refractivity contribution < 1.29 is 9.84 Å². The molecule has 5 heteroatoms. The van der Waals surface area contributed by atoms with Crippen LogP contribution in [0.4, 0.5) is 0 Å². The number of rotatable bonds is 6. The Morgan fingerprint density at radius 3 is 2.86 bits per heavy atom. The largest absolute Gasteiger partial charge is 0.497 e. The number of ether oxygens (including phenoxy) is 1. The molecule has 112 valence electrons. The maximum Gasteiger partial charge on any atom is 0.134 e. The smallest absolute Gasteiger partial charge is 0.134 e. The van der Waals surface area contributed by atoms with Crippen molar-refractivity contribution in [2.75, 3.05) is 20.3 Å². The zero-order valence-electron chi connectivity index (χ0n) is 12.1. The summed E-state index contributed by atoms with van der Waals surface area (Å²) in [6.45, 7) is 1.59. The lowest BCUT2D eigenvalue weighted by molar-refractivity contribution is 0.183. The third kappa shape index (κ3) is 3.28. The van der Waals surface area contributed by atoms with Crippen molar-refractivity contribution in [2.45, 2.75) is 25.4 Å². The highest BCUT2D eigenvalue weighted by Gasteiger charge is 2.29. The lowest BCUT2D eigenvalue weighted by Gasteiger charge is -2.21. The van der Waals surface area contributed by atoms with Gasteiger partial charge in [-0.25, -0.2) is 4.98 Å². The molecule has 1 saturated carbocycles. The van der Waals surface area contributed by atoms with Gasteiger partial charge in [-0.1, -0.05) is 11.6 Å². The summed E-state index contributed by atoms with van der Waals surface area (Å²) in [5.74, 6) is 0.777. The van der Waals surface area contributed by atoms with Gasteiger partial charge in [-0.15, -0.1) is 0 Å². The van der Waals surface area contributed by atoms with Crippen LogP contribution in [-0.4, -0.2) is 41.3 Å². The lowest BCUT2D eigenvalue weighted by Crippen LogP contribution is -2.28. The number of pyridine rings is 1. The zero-order chi connectivity index (χ0) is 14.8. The summed E-state index contributed by atoms with van der Waals surface area (Å²) in [6, 6.07) is 8.47. The first kappa shape index (κ1) is 14.6. The van der Waals surface area contributed by atoms with Crippen molar-refractivity contribution in [3.63, 3.8) is 0 Å². The van der Waals surface area contributed by atoms with Crippen molar-refractivity contribution in [3.8, 4) is 5.75 Å². The van der Waals surface area contributed by atoms with Gasteiger partial charge in [0, 0.05) is 36.1 Å². The number of halogens is 1. The fourth-order valence-electron chi connectivity index (χ4n) is 2.58. The molecular weight excluding hydrogens is 288 g/mol. The van der Waals surface area contributed by atoms with E-state index in [0.29, 0.717) is 17.7 Å². The van der Waals surface area contributed by atoms with Crippen LogP contribution in [0.3, 0.4) is 0 Å². The number of hydrogen-bond donors (Lipinski definition) is 1. The molecule has 1 heterocycles. The van der Waals surface area contributed by atoms with Gasteiger partial charge < -0.3 is 9.84 Å². The Morgan fingerprint density at radius 2 is 2.19 bits per heavy atom. The zero-order valence-corrected chi connectivity index (χ0v) is 12.8. The predicted octanol–water partition coefficient (Wildman–Crippen LogP) is 2.85. The standard InChI is InChI=1S/C16H19ClN2O2/c1-21-14-5-2-11-8-12(16(17)18-15(11)9-14)10-19(6-7-20)13-3-4-13/h2,5,8-9,13,20H,3-4,6-7,10H2,1H3. The van der Waals surface area contributed by atoms with E-state index in [-0.39, 0.29) is 6.61 Å². The Hall–Kier alpha value is -1.36. The van der Waals surface area contributed by atoms with E-state index in [1.807, 2.05) is 18.2 Å². The highest BCUT2D eigenvalue weighted by Crippen LogP contribution is 2.30. The van der Waals surface area contributed by atoms with Gasteiger partial charge in [0.1, 0.15) is 10.9 Å². The first-order valence-corrected chi connectivity index (χ1v) is 7.57. The third-order valence-corrected chi connectivity index (χ3v) is 4.20. The van der Waals surface area contributed by atoms with Crippen LogP contribution in [0.5, 0.6) is 5.75 Å². The molecule has 1 aromatic heterocycles. The summed E-state index contributed by atoms with van der Waals surface area (Å²) in [6.07, 6.45) is 2.41. The van der Waals surface area contributed by atoms with Gasteiger partial charge in [0.05, 0.1) is 19.2 Å². The number of nitrogens with zero attached hydrogens (tertiary/aromatic N) is 2. The summed E-state index contributed by atoms with van der Waals surface area (Å²) in [5.41, 5.74) is 1.85. The number of benzene rings is 1. The second kappa shape index (κ2) is 6.18. The lowest BCUT2D eigenvalue weighted by atomic mass is 10.1. The van der Waals surface area contributed by atoms with Crippen LogP contribution in [0.2, 0.25) is 5.15 Å². The minimum atomic E-state index is 0.173. The summed E-state index contributed by atoms with van der Waals surface area (Å²) in [5, 5.41) is 10.8. The van der Waals surface area contributed by atoms with Crippen LogP contribution in [-0.2, 0) is 6.54 Å². The van der Waals surface area contributed by atoms with Gasteiger partial charge in [0.2, 0.25) is 0 Å². The van der Waals surface area contributed by atoms with Crippen molar-refractivity contribution in [2.24, 2.45) is 0 Å². The maximum absolute atomic E-state index is 9.19. The molecule has 0 aliphatic heterocycles. The molecule has 2 aromatic rings. The van der Waals surface area contributed by atoms with Crippen LogP contribution in [0.1, 0.15) is 18.4 Å². The van der Waals surface area contributed by atoms with Gasteiger partial charge in [0.15, 0.2) is 0 Å². The molecule has 0 unspecified atom stereocenters. The molecular formula is C16H19ClN2O2. The highest BCUT2D eigenvalue weighted by atomic mass is 35.5. The molecule has 0 amide bonds. The molecule has 1 fully saturated rings. The molecule has 3 rings (SSSR count). The summed E-state index contributed by atoms with van der Waals surface area (Å²) < 4.78 is 5.21. The monoisotopic (exact) mass is 306 g/mol. The molecule has 0 spiro atoms. The predicted molar refractivity (Wildman–Crippen MR) is 83.8 cm³/mol. The summed E-state index contributed by atoms with van der Waals surface area (Å²) in [4.78, 5) is 6.75. The van der Waals surface area contributed by atoms with E-state index in [2.05, 4.69) is 16.0 Å². The van der Waals surface area contributed by atoms with Gasteiger partial charge in [0.25, 0.3) is 0 Å². The number of methoxy groups -OCH3 is 1. The quantitative estimate of drug-likeness (QED) is 0.834. The van der Waals surface area contributed by atoms with E-state index in [9.17, 15) is 5.11 Å². The Bertz CT molecular complexity index is 643. The van der Waals surface area contributed by atoms with E-state index >= 15 is 0 Å². The van der Waals surface area contributed by atoms with Crippen LogP contribution in [0.15, 0.2) is 24.3 Å². The normalized spacial score (nSPS) is 14.9. The minimum Gasteiger partial charge on any atom is -0.497 e. The van der Waals surface area contributed by atoms with Gasteiger partial charge in [-0.3, -0.25) is 4.90 Å². The van der Waals surface area contributed by atoms with Crippen molar-refractivity contribution in [3.05, 3.63) is 35.0 Å². The van der Waals surface area contributed by atoms with Crippen LogP contribution < -0.4 is 4.74 Å². The molecule has 1 aliphatic rings. The SMILES string of the molecule is COc1ccc2cc(CN(CCO)C3CC3)c(Cl)nc2c1. The average Bonchev–Trinajstić information content (AvgIpc) is 3.31. The Kier molecular flexibility index (Phi) is 4.29. The molecule has 21 heavy (non-hydrogen) atoms. The minimum absolute atomic E-state index is 0.173. The highest BCUT2D eigenvalue weighted by molar-refractivity contribution is 6.30. The summed E-state index contributed by atoms with van der Waals surface area (Å²) >= 11 is 6.33. The van der Waals surface area contributed by atoms with E-state index in [1.165, 1.54) is 12.8 Å². The number of aliphatic hydroxyl groups is 1. The Labute approximate surface area is 129 Å². The van der Waals surface area contributed by atoms with Gasteiger partial charge in [-0.05, 0) is 31.0 Å². The van der Waals surface area contributed by atoms with E-state index in [1.54, 1.807) is 7.11 Å². The average molecular weight is 307 g/mol. The van der Waals surface area contributed by atoms with E-state index < -0.39 is 0 Å². The Morgan fingerprint density at radius 1 is 1.38 bits per heavy atom. The topological polar surface area (TPSA) is 45.6 Å². The van der Waals surface area contributed by atoms with Crippen LogP contribution in [0, 0.1) is 0 Å². The molecule has 4 nitrogen and oxygen atoms in total. The Balaban J connectivity index is 1.89. The first-order chi connectivity index (χ1) is 10.2. The number of hydrogen-bond acceptors (Lipinski definition) is 4. The molecule has 0 atom stereocenters. The van der Waals surface area contributed by atoms with E-state index in [4.69, 9.17) is 16.3 Å². The van der Waals surface area contributed by atoms with Crippen LogP contribution >= 0.6 is 11.6 Å². The second-order valence-electron chi connectivity index (χ2n) is 5.42. The van der Waals surface area contributed by atoms with E-state index in [0.717, 1.165) is 28.8 Å². The van der Waals surface area contributed by atoms with Crippen molar-refractivity contribution in [1.82, 2.24) is 9.88 Å². The van der Waals surface area contributed by atoms with Crippen LogP contribution in [0.25, 0.3) is 10.9 Å². The third-order valence-electron chi connectivity index (χ3n) is 3.87. The fraction of sp³-hybridized carbons (Fsp3) is 0.438. The second-order valence-corrected chi connectivity index (χ2v) is 5.78. The van der Waals surface area contributed by atoms with Gasteiger partial charge >= 0.3 is 0 Å². The molecule has 1 aromatic carbocycles. The molecule has 0 radical (unpaired) electrons. The molecule has 0 saturated heterocycles. The molecule has 0 bridgehead atoms. The van der Waals surface area contributed by atoms with Crippen molar-refractivity contribution >= 4 is 22.5 Å². The number of aromatic nitrogens is 1. The number of aliphatic hydroxyl groups excluding tert-OH is 1. The first-order valence-electron chi connectivity index (χ1n) is 7.19. The maximum atomic E-state index is 9.19. The van der Waals surface area contributed by atoms with Crippen molar-refractivity contribution in [1.29, 1.82) is 0 Å². The summed E-state index contributed by atoms with van der Waals surface area (Å²) in [7, 11) is 1.64.